The van der Waals surface area contributed by atoms with Crippen LogP contribution in [0.2, 0.25) is 5.02 Å². The van der Waals surface area contributed by atoms with Gasteiger partial charge in [-0.3, -0.25) is 4.98 Å². The van der Waals surface area contributed by atoms with Crippen molar-refractivity contribution in [2.75, 3.05) is 26.8 Å². The van der Waals surface area contributed by atoms with Crippen LogP contribution in [0.25, 0.3) is 0 Å². The molecule has 0 aliphatic rings. The van der Waals surface area contributed by atoms with Gasteiger partial charge in [0.25, 0.3) is 0 Å². The predicted octanol–water partition coefficient (Wildman–Crippen LogP) is 3.70. The molecule has 2 rings (SSSR count). The maximum atomic E-state index is 12.6. The minimum Gasteiger partial charge on any atom is -0.383 e. The lowest BCUT2D eigenvalue weighted by Crippen LogP contribution is -2.42. The molecule has 1 unspecified atom stereocenters. The molecule has 134 valence electrons. The van der Waals surface area contributed by atoms with E-state index in [4.69, 9.17) is 16.3 Å². The Balaban J connectivity index is 1.92. The van der Waals surface area contributed by atoms with Crippen molar-refractivity contribution >= 4 is 17.6 Å². The lowest BCUT2D eigenvalue weighted by atomic mass is 10.0. The first-order valence-corrected chi connectivity index (χ1v) is 8.65. The number of methoxy groups -OCH3 is 1. The van der Waals surface area contributed by atoms with Crippen molar-refractivity contribution in [1.29, 1.82) is 0 Å². The Hall–Kier alpha value is -2.11. The zero-order chi connectivity index (χ0) is 18.1. The van der Waals surface area contributed by atoms with E-state index in [0.717, 1.165) is 11.3 Å². The first-order chi connectivity index (χ1) is 12.1. The van der Waals surface area contributed by atoms with Crippen molar-refractivity contribution in [2.24, 2.45) is 0 Å². The number of halogens is 1. The van der Waals surface area contributed by atoms with Gasteiger partial charge in [0, 0.05) is 31.4 Å². The SMILES string of the molecule is COCCN(Cc1ccccn1)C(=O)NCC(C)c1ccc(Cl)cc1. The summed E-state index contributed by atoms with van der Waals surface area (Å²) in [6.45, 7) is 4.06. The van der Waals surface area contributed by atoms with Crippen LogP contribution in [-0.4, -0.2) is 42.7 Å². The standard InChI is InChI=1S/C19H24ClN3O2/c1-15(16-6-8-17(20)9-7-16)13-22-19(24)23(11-12-25-2)14-18-5-3-4-10-21-18/h3-10,15H,11-14H2,1-2H3,(H,22,24). The highest BCUT2D eigenvalue weighted by molar-refractivity contribution is 6.30. The second-order valence-corrected chi connectivity index (χ2v) is 6.31. The number of nitrogens with zero attached hydrogens (tertiary/aromatic N) is 2. The largest absolute Gasteiger partial charge is 0.383 e. The molecule has 0 aliphatic heterocycles. The Morgan fingerprint density at radius 3 is 2.68 bits per heavy atom. The van der Waals surface area contributed by atoms with Crippen molar-refractivity contribution < 1.29 is 9.53 Å². The number of aromatic nitrogens is 1. The highest BCUT2D eigenvalue weighted by Crippen LogP contribution is 2.17. The van der Waals surface area contributed by atoms with Crippen molar-refractivity contribution in [2.45, 2.75) is 19.4 Å². The van der Waals surface area contributed by atoms with E-state index >= 15 is 0 Å². The predicted molar refractivity (Wildman–Crippen MR) is 99.8 cm³/mol. The van der Waals surface area contributed by atoms with Crippen LogP contribution in [0.3, 0.4) is 0 Å². The molecule has 1 atom stereocenters. The normalized spacial score (nSPS) is 11.8. The third kappa shape index (κ3) is 6.36. The molecule has 25 heavy (non-hydrogen) atoms. The van der Waals surface area contributed by atoms with E-state index in [0.29, 0.717) is 31.3 Å². The number of carbonyl (C=O) groups excluding carboxylic acids is 1. The zero-order valence-electron chi connectivity index (χ0n) is 14.6. The molecule has 0 saturated carbocycles. The molecule has 0 saturated heterocycles. The van der Waals surface area contributed by atoms with Crippen molar-refractivity contribution in [3.8, 4) is 0 Å². The summed E-state index contributed by atoms with van der Waals surface area (Å²) in [7, 11) is 1.62. The van der Waals surface area contributed by atoms with Crippen LogP contribution in [0.15, 0.2) is 48.7 Å². The van der Waals surface area contributed by atoms with Gasteiger partial charge in [0.15, 0.2) is 0 Å². The number of ether oxygens (including phenoxy) is 1. The molecule has 0 spiro atoms. The van der Waals surface area contributed by atoms with Gasteiger partial charge in [0.1, 0.15) is 0 Å². The monoisotopic (exact) mass is 361 g/mol. The number of amides is 2. The molecule has 0 fully saturated rings. The number of hydrogen-bond donors (Lipinski definition) is 1. The molecule has 1 aromatic carbocycles. The number of hydrogen-bond acceptors (Lipinski definition) is 3. The second-order valence-electron chi connectivity index (χ2n) is 5.87. The van der Waals surface area contributed by atoms with Gasteiger partial charge in [-0.15, -0.1) is 0 Å². The number of rotatable bonds is 8. The third-order valence-corrected chi connectivity index (χ3v) is 4.18. The fourth-order valence-electron chi connectivity index (χ4n) is 2.40. The number of urea groups is 1. The summed E-state index contributed by atoms with van der Waals surface area (Å²) in [6, 6.07) is 13.2. The minimum atomic E-state index is -0.122. The van der Waals surface area contributed by atoms with E-state index in [1.54, 1.807) is 18.2 Å². The van der Waals surface area contributed by atoms with Gasteiger partial charge in [-0.05, 0) is 35.7 Å². The summed E-state index contributed by atoms with van der Waals surface area (Å²) in [4.78, 5) is 18.5. The summed E-state index contributed by atoms with van der Waals surface area (Å²) >= 11 is 5.92. The Bertz CT molecular complexity index is 649. The molecule has 2 amide bonds. The molecule has 0 aliphatic carbocycles. The summed E-state index contributed by atoms with van der Waals surface area (Å²) in [5, 5.41) is 3.70. The number of benzene rings is 1. The molecule has 0 radical (unpaired) electrons. The fraction of sp³-hybridized carbons (Fsp3) is 0.368. The summed E-state index contributed by atoms with van der Waals surface area (Å²) in [5.41, 5.74) is 1.98. The maximum Gasteiger partial charge on any atom is 0.317 e. The first kappa shape index (κ1) is 19.2. The topological polar surface area (TPSA) is 54.5 Å². The van der Waals surface area contributed by atoms with Crippen LogP contribution in [0.1, 0.15) is 24.1 Å². The van der Waals surface area contributed by atoms with Gasteiger partial charge in [-0.1, -0.05) is 36.7 Å². The quantitative estimate of drug-likeness (QED) is 0.780. The van der Waals surface area contributed by atoms with Crippen molar-refractivity contribution in [1.82, 2.24) is 15.2 Å². The van der Waals surface area contributed by atoms with Gasteiger partial charge in [-0.2, -0.15) is 0 Å². The van der Waals surface area contributed by atoms with E-state index in [2.05, 4.69) is 17.2 Å². The molecule has 0 bridgehead atoms. The zero-order valence-corrected chi connectivity index (χ0v) is 15.4. The average molecular weight is 362 g/mol. The molecular formula is C19H24ClN3O2. The molecular weight excluding hydrogens is 338 g/mol. The first-order valence-electron chi connectivity index (χ1n) is 8.27. The number of nitrogens with one attached hydrogen (secondary N) is 1. The maximum absolute atomic E-state index is 12.6. The Kier molecular flexibility index (Phi) is 7.70. The van der Waals surface area contributed by atoms with Gasteiger partial charge in [-0.25, -0.2) is 4.79 Å². The van der Waals surface area contributed by atoms with Crippen LogP contribution >= 0.6 is 11.6 Å². The van der Waals surface area contributed by atoms with Crippen LogP contribution in [0, 0.1) is 0 Å². The molecule has 6 heteroatoms. The highest BCUT2D eigenvalue weighted by atomic mass is 35.5. The lowest BCUT2D eigenvalue weighted by Gasteiger charge is -2.23. The minimum absolute atomic E-state index is 0.122. The van der Waals surface area contributed by atoms with Gasteiger partial charge in [0.05, 0.1) is 18.8 Å². The molecule has 5 nitrogen and oxygen atoms in total. The van der Waals surface area contributed by atoms with E-state index in [9.17, 15) is 4.79 Å². The Labute approximate surface area is 154 Å². The third-order valence-electron chi connectivity index (χ3n) is 3.93. The van der Waals surface area contributed by atoms with Crippen molar-refractivity contribution in [3.05, 3.63) is 64.9 Å². The smallest absolute Gasteiger partial charge is 0.317 e. The van der Waals surface area contributed by atoms with Crippen LogP contribution in [-0.2, 0) is 11.3 Å². The van der Waals surface area contributed by atoms with Crippen LogP contribution in [0.5, 0.6) is 0 Å². The van der Waals surface area contributed by atoms with Crippen molar-refractivity contribution in [3.63, 3.8) is 0 Å². The lowest BCUT2D eigenvalue weighted by molar-refractivity contribution is 0.145. The second kappa shape index (κ2) is 10.0. The molecule has 1 heterocycles. The van der Waals surface area contributed by atoms with Crippen LogP contribution in [0.4, 0.5) is 4.79 Å². The number of pyridine rings is 1. The van der Waals surface area contributed by atoms with Gasteiger partial charge < -0.3 is 15.0 Å². The van der Waals surface area contributed by atoms with E-state index in [-0.39, 0.29) is 11.9 Å². The van der Waals surface area contributed by atoms with E-state index in [1.165, 1.54) is 0 Å². The Morgan fingerprint density at radius 2 is 2.04 bits per heavy atom. The molecule has 1 aromatic heterocycles. The Morgan fingerprint density at radius 1 is 1.28 bits per heavy atom. The summed E-state index contributed by atoms with van der Waals surface area (Å²) in [6.07, 6.45) is 1.73. The fourth-order valence-corrected chi connectivity index (χ4v) is 2.53. The molecule has 2 aromatic rings. The summed E-state index contributed by atoms with van der Waals surface area (Å²) in [5.74, 6) is 0.195. The van der Waals surface area contributed by atoms with E-state index < -0.39 is 0 Å². The molecule has 1 N–H and O–H groups in total. The van der Waals surface area contributed by atoms with Gasteiger partial charge in [0.2, 0.25) is 0 Å². The van der Waals surface area contributed by atoms with Gasteiger partial charge >= 0.3 is 6.03 Å². The van der Waals surface area contributed by atoms with E-state index in [1.807, 2.05) is 42.5 Å². The summed E-state index contributed by atoms with van der Waals surface area (Å²) < 4.78 is 5.11. The van der Waals surface area contributed by atoms with Crippen LogP contribution < -0.4 is 5.32 Å². The highest BCUT2D eigenvalue weighted by Gasteiger charge is 2.15. The number of carbonyl (C=O) groups is 1. The average Bonchev–Trinajstić information content (AvgIpc) is 2.64.